The molecule has 4 atom stereocenters. The summed E-state index contributed by atoms with van der Waals surface area (Å²) in [4.78, 5) is 6.28. The Kier molecular flexibility index (Phi) is 5.49. The zero-order valence-electron chi connectivity index (χ0n) is 17.0. The zero-order valence-corrected chi connectivity index (χ0v) is 17.0. The number of aliphatic hydroxyl groups is 1. The van der Waals surface area contributed by atoms with E-state index in [1.807, 2.05) is 31.2 Å². The summed E-state index contributed by atoms with van der Waals surface area (Å²) < 4.78 is 18.8. The fraction of sp³-hybridized carbons (Fsp3) is 0.522. The van der Waals surface area contributed by atoms with Crippen LogP contribution in [0.3, 0.4) is 0 Å². The first-order chi connectivity index (χ1) is 13.8. The van der Waals surface area contributed by atoms with Gasteiger partial charge in [-0.15, -0.1) is 0 Å². The van der Waals surface area contributed by atoms with Crippen LogP contribution in [-0.2, 0) is 6.42 Å². The Hall–Kier alpha value is -2.18. The van der Waals surface area contributed by atoms with Gasteiger partial charge in [0.1, 0.15) is 5.75 Å². The van der Waals surface area contributed by atoms with Crippen LogP contribution in [0, 0.1) is 17.8 Å². The first-order valence-corrected chi connectivity index (χ1v) is 10.3. The first-order valence-electron chi connectivity index (χ1n) is 10.3. The van der Waals surface area contributed by atoms with Gasteiger partial charge in [0.2, 0.25) is 0 Å². The number of rotatable bonds is 6. The minimum Gasteiger partial charge on any atom is -0.504 e. The number of hydrogen-bond acceptors (Lipinski definition) is 5. The lowest BCUT2D eigenvalue weighted by Crippen LogP contribution is -2.33. The van der Waals surface area contributed by atoms with E-state index in [9.17, 15) is 14.6 Å². The lowest BCUT2D eigenvalue weighted by Gasteiger charge is -2.27. The van der Waals surface area contributed by atoms with Crippen molar-refractivity contribution in [2.24, 2.45) is 11.8 Å². The maximum atomic E-state index is 13.5. The van der Waals surface area contributed by atoms with E-state index in [0.29, 0.717) is 24.0 Å². The van der Waals surface area contributed by atoms with Crippen molar-refractivity contribution in [1.29, 1.82) is 0 Å². The van der Waals surface area contributed by atoms with Crippen molar-refractivity contribution in [2.45, 2.75) is 37.7 Å². The van der Waals surface area contributed by atoms with Gasteiger partial charge < -0.3 is 19.8 Å². The zero-order chi connectivity index (χ0) is 20.6. The van der Waals surface area contributed by atoms with Gasteiger partial charge in [0.15, 0.2) is 5.75 Å². The Morgan fingerprint density at radius 3 is 2.62 bits per heavy atom. The Morgan fingerprint density at radius 2 is 1.97 bits per heavy atom. The minimum atomic E-state index is -0.810. The van der Waals surface area contributed by atoms with Crippen LogP contribution in [-0.4, -0.2) is 52.4 Å². The van der Waals surface area contributed by atoms with Crippen LogP contribution < -0.4 is 4.74 Å². The average molecular weight is 400 g/mol. The summed E-state index contributed by atoms with van der Waals surface area (Å²) in [6.07, 6.45) is 2.28. The Bertz CT molecular complexity index is 861. The summed E-state index contributed by atoms with van der Waals surface area (Å²) in [6.45, 7) is 4.75. The van der Waals surface area contributed by atoms with Crippen molar-refractivity contribution in [2.75, 3.05) is 26.7 Å². The molecule has 0 bridgehead atoms. The van der Waals surface area contributed by atoms with E-state index >= 15 is 0 Å². The van der Waals surface area contributed by atoms with Gasteiger partial charge in [-0.05, 0) is 54.5 Å². The number of hydrogen-bond donors (Lipinski definition) is 2. The average Bonchev–Trinajstić information content (AvgIpc) is 3.17. The number of ether oxygens (including phenoxy) is 1. The molecule has 0 radical (unpaired) electrons. The molecular weight excluding hydrogens is 371 g/mol. The van der Waals surface area contributed by atoms with E-state index in [1.165, 1.54) is 6.07 Å². The van der Waals surface area contributed by atoms with Crippen LogP contribution in [0.4, 0.5) is 4.39 Å². The molecule has 3 unspecified atom stereocenters. The minimum absolute atomic E-state index is 0.0830. The van der Waals surface area contributed by atoms with Gasteiger partial charge in [-0.2, -0.15) is 4.39 Å². The van der Waals surface area contributed by atoms with Crippen molar-refractivity contribution in [3.05, 3.63) is 53.6 Å². The highest BCUT2D eigenvalue weighted by molar-refractivity contribution is 5.30. The summed E-state index contributed by atoms with van der Waals surface area (Å²) in [5.41, 5.74) is 1.12. The molecule has 2 N–H and O–H groups in total. The van der Waals surface area contributed by atoms with E-state index < -0.39 is 17.3 Å². The van der Waals surface area contributed by atoms with E-state index in [4.69, 9.17) is 4.74 Å². The van der Waals surface area contributed by atoms with Gasteiger partial charge in [-0.1, -0.05) is 19.1 Å². The number of fused-ring (bicyclic) bond motifs is 1. The van der Waals surface area contributed by atoms with Crippen LogP contribution in [0.5, 0.6) is 11.5 Å². The third-order valence-corrected chi connectivity index (χ3v) is 6.49. The fourth-order valence-corrected chi connectivity index (χ4v) is 5.21. The molecule has 1 aliphatic heterocycles. The van der Waals surface area contributed by atoms with Crippen LogP contribution in [0.1, 0.15) is 36.9 Å². The van der Waals surface area contributed by atoms with Gasteiger partial charge in [0, 0.05) is 37.7 Å². The molecule has 156 valence electrons. The van der Waals surface area contributed by atoms with Crippen LogP contribution in [0.25, 0.3) is 0 Å². The molecule has 2 heterocycles. The maximum Gasteiger partial charge on any atom is 0.255 e. The number of benzene rings is 1. The Morgan fingerprint density at radius 1 is 1.24 bits per heavy atom. The normalized spacial score (nSPS) is 27.7. The third kappa shape index (κ3) is 4.38. The highest BCUT2D eigenvalue weighted by Gasteiger charge is 2.48. The molecular formula is C23H29FN2O3. The molecule has 6 heteroatoms. The van der Waals surface area contributed by atoms with Gasteiger partial charge in [0.25, 0.3) is 5.95 Å². The molecule has 1 saturated carbocycles. The number of likely N-dealkylation sites (tertiary alicyclic amines) is 1. The third-order valence-electron chi connectivity index (χ3n) is 6.49. The summed E-state index contributed by atoms with van der Waals surface area (Å²) in [5, 5.41) is 20.5. The highest BCUT2D eigenvalue weighted by atomic mass is 19.1. The van der Waals surface area contributed by atoms with Crippen LogP contribution in [0.15, 0.2) is 36.4 Å². The van der Waals surface area contributed by atoms with Gasteiger partial charge in [-0.25, -0.2) is 4.98 Å². The predicted molar refractivity (Wildman–Crippen MR) is 109 cm³/mol. The number of halogens is 1. The van der Waals surface area contributed by atoms with Gasteiger partial charge in [0.05, 0.1) is 12.7 Å². The summed E-state index contributed by atoms with van der Waals surface area (Å²) >= 11 is 0. The number of nitrogens with zero attached hydrogens (tertiary/aromatic N) is 2. The number of aromatic hydroxyl groups is 1. The molecule has 1 aliphatic carbocycles. The molecule has 0 spiro atoms. The molecule has 1 aromatic heterocycles. The SMILES string of the molecule is COc1cccc(CC2(O)CC3CN(CC(C)c4ccc(O)c(F)n4)C[C@H]3C2)c1. The van der Waals surface area contributed by atoms with Crippen molar-refractivity contribution in [1.82, 2.24) is 9.88 Å². The molecule has 5 nitrogen and oxygen atoms in total. The fourth-order valence-electron chi connectivity index (χ4n) is 5.21. The highest BCUT2D eigenvalue weighted by Crippen LogP contribution is 2.45. The van der Waals surface area contributed by atoms with Crippen molar-refractivity contribution in [3.63, 3.8) is 0 Å². The lowest BCUT2D eigenvalue weighted by molar-refractivity contribution is 0.0352. The van der Waals surface area contributed by atoms with E-state index in [-0.39, 0.29) is 5.92 Å². The molecule has 29 heavy (non-hydrogen) atoms. The first kappa shape index (κ1) is 20.1. The molecule has 0 amide bonds. The van der Waals surface area contributed by atoms with Crippen molar-refractivity contribution >= 4 is 0 Å². The second kappa shape index (κ2) is 7.92. The Balaban J connectivity index is 1.34. The number of aromatic nitrogens is 1. The molecule has 1 aromatic carbocycles. The standard InChI is InChI=1S/C23H29FN2O3/c1-15(20-6-7-21(27)22(24)25-20)12-26-13-17-10-23(28,11-18(17)14-26)9-16-4-3-5-19(8-16)29-2/h3-8,15,17-18,27-28H,9-14H2,1-2H3/t15?,17-,18?,23?/m1/s1. The lowest BCUT2D eigenvalue weighted by atomic mass is 9.91. The quantitative estimate of drug-likeness (QED) is 0.728. The summed E-state index contributed by atoms with van der Waals surface area (Å²) in [7, 11) is 1.66. The van der Waals surface area contributed by atoms with Crippen LogP contribution in [0.2, 0.25) is 0 Å². The summed E-state index contributed by atoms with van der Waals surface area (Å²) in [6, 6.07) is 11.0. The van der Waals surface area contributed by atoms with E-state index in [1.54, 1.807) is 13.2 Å². The largest absolute Gasteiger partial charge is 0.504 e. The predicted octanol–water partition coefficient (Wildman–Crippen LogP) is 3.35. The second-order valence-electron chi connectivity index (χ2n) is 8.85. The van der Waals surface area contributed by atoms with Gasteiger partial charge >= 0.3 is 0 Å². The molecule has 1 saturated heterocycles. The van der Waals surface area contributed by atoms with E-state index in [0.717, 1.165) is 43.8 Å². The smallest absolute Gasteiger partial charge is 0.255 e. The molecule has 4 rings (SSSR count). The molecule has 2 aromatic rings. The van der Waals surface area contributed by atoms with Crippen LogP contribution >= 0.6 is 0 Å². The van der Waals surface area contributed by atoms with Crippen molar-refractivity contribution < 1.29 is 19.3 Å². The van der Waals surface area contributed by atoms with Gasteiger partial charge in [-0.3, -0.25) is 0 Å². The molecule has 2 aliphatic rings. The topological polar surface area (TPSA) is 65.8 Å². The number of methoxy groups -OCH3 is 1. The Labute approximate surface area is 171 Å². The second-order valence-corrected chi connectivity index (χ2v) is 8.85. The van der Waals surface area contributed by atoms with Crippen molar-refractivity contribution in [3.8, 4) is 11.5 Å². The number of pyridine rings is 1. The molecule has 2 fully saturated rings. The maximum absolute atomic E-state index is 13.5. The monoisotopic (exact) mass is 400 g/mol. The van der Waals surface area contributed by atoms with E-state index in [2.05, 4.69) is 9.88 Å². The summed E-state index contributed by atoms with van der Waals surface area (Å²) in [5.74, 6) is 0.662.